The summed E-state index contributed by atoms with van der Waals surface area (Å²) in [5.74, 6) is 0. The molecule has 0 atom stereocenters. The van der Waals surface area contributed by atoms with Gasteiger partial charge >= 0.3 is 0 Å². The van der Waals surface area contributed by atoms with Gasteiger partial charge in [-0.05, 0) is 42.4 Å². The van der Waals surface area contributed by atoms with E-state index in [0.717, 1.165) is 12.0 Å². The maximum absolute atomic E-state index is 12.2. The van der Waals surface area contributed by atoms with Gasteiger partial charge in [-0.25, -0.2) is 13.1 Å². The van der Waals surface area contributed by atoms with Crippen molar-refractivity contribution in [2.24, 2.45) is 0 Å². The quantitative estimate of drug-likeness (QED) is 0.895. The fourth-order valence-corrected chi connectivity index (χ4v) is 3.33. The van der Waals surface area contributed by atoms with Gasteiger partial charge in [0.25, 0.3) is 0 Å². The molecular weight excluding hydrogens is 274 g/mol. The predicted molar refractivity (Wildman–Crippen MR) is 79.1 cm³/mol. The number of benzene rings is 1. The minimum absolute atomic E-state index is 0.00317. The van der Waals surface area contributed by atoms with Crippen molar-refractivity contribution in [3.63, 3.8) is 0 Å². The van der Waals surface area contributed by atoms with Crippen LogP contribution >= 0.6 is 0 Å². The van der Waals surface area contributed by atoms with E-state index in [4.69, 9.17) is 0 Å². The summed E-state index contributed by atoms with van der Waals surface area (Å²) >= 11 is 0. The van der Waals surface area contributed by atoms with Crippen LogP contribution < -0.4 is 4.72 Å². The summed E-state index contributed by atoms with van der Waals surface area (Å²) in [6, 6.07) is 6.92. The predicted octanol–water partition coefficient (Wildman–Crippen LogP) is 2.18. The second-order valence-corrected chi connectivity index (χ2v) is 8.44. The largest absolute Gasteiger partial charge is 0.389 e. The molecule has 1 aromatic carbocycles. The molecule has 1 fully saturated rings. The first-order valence-corrected chi connectivity index (χ1v) is 8.43. The number of nitrogens with one attached hydrogen (secondary N) is 1. The molecule has 20 heavy (non-hydrogen) atoms. The third-order valence-corrected chi connectivity index (χ3v) is 5.32. The average Bonchev–Trinajstić information content (AvgIpc) is 2.33. The van der Waals surface area contributed by atoms with Gasteiger partial charge in [-0.2, -0.15) is 0 Å². The van der Waals surface area contributed by atoms with E-state index in [2.05, 4.69) is 25.5 Å². The standard InChI is InChI=1S/C15H23NO3S/c1-14(2,3)12-5-7-13(8-6-12)20(18,19)16-11-15(17)9-4-10-15/h5-8,16-17H,4,9-11H2,1-3H3. The highest BCUT2D eigenvalue weighted by Crippen LogP contribution is 2.31. The summed E-state index contributed by atoms with van der Waals surface area (Å²) in [5, 5.41) is 9.94. The lowest BCUT2D eigenvalue weighted by atomic mass is 9.81. The molecule has 1 saturated carbocycles. The number of hydrogen-bond acceptors (Lipinski definition) is 3. The van der Waals surface area contributed by atoms with Crippen LogP contribution in [-0.4, -0.2) is 25.7 Å². The Kier molecular flexibility index (Phi) is 3.97. The van der Waals surface area contributed by atoms with Crippen molar-refractivity contribution in [2.45, 2.75) is 55.9 Å². The van der Waals surface area contributed by atoms with Crippen molar-refractivity contribution in [1.82, 2.24) is 4.72 Å². The van der Waals surface area contributed by atoms with Crippen LogP contribution in [0.1, 0.15) is 45.6 Å². The maximum atomic E-state index is 12.2. The van der Waals surface area contributed by atoms with Crippen molar-refractivity contribution in [3.05, 3.63) is 29.8 Å². The van der Waals surface area contributed by atoms with Gasteiger partial charge in [0.1, 0.15) is 0 Å². The van der Waals surface area contributed by atoms with Gasteiger partial charge in [0, 0.05) is 6.54 Å². The minimum atomic E-state index is -3.54. The molecule has 0 heterocycles. The number of sulfonamides is 1. The summed E-state index contributed by atoms with van der Waals surface area (Å²) < 4.78 is 26.8. The molecule has 2 N–H and O–H groups in total. The lowest BCUT2D eigenvalue weighted by Gasteiger charge is -2.36. The summed E-state index contributed by atoms with van der Waals surface area (Å²) in [4.78, 5) is 0.244. The van der Waals surface area contributed by atoms with E-state index in [-0.39, 0.29) is 16.9 Å². The molecule has 0 saturated heterocycles. The molecule has 4 nitrogen and oxygen atoms in total. The molecule has 0 radical (unpaired) electrons. The summed E-state index contributed by atoms with van der Waals surface area (Å²) in [5.41, 5.74) is 0.240. The van der Waals surface area contributed by atoms with Crippen LogP contribution in [-0.2, 0) is 15.4 Å². The molecular formula is C15H23NO3S. The van der Waals surface area contributed by atoms with E-state index < -0.39 is 15.6 Å². The zero-order chi connectivity index (χ0) is 15.0. The zero-order valence-electron chi connectivity index (χ0n) is 12.3. The molecule has 112 valence electrons. The first-order chi connectivity index (χ1) is 9.12. The van der Waals surface area contributed by atoms with Gasteiger partial charge in [-0.15, -0.1) is 0 Å². The van der Waals surface area contributed by atoms with Gasteiger partial charge in [0.2, 0.25) is 10.0 Å². The van der Waals surface area contributed by atoms with Crippen LogP contribution in [0.25, 0.3) is 0 Å². The summed E-state index contributed by atoms with van der Waals surface area (Å²) in [7, 11) is -3.54. The van der Waals surface area contributed by atoms with E-state index in [9.17, 15) is 13.5 Å². The smallest absolute Gasteiger partial charge is 0.240 e. The minimum Gasteiger partial charge on any atom is -0.389 e. The van der Waals surface area contributed by atoms with Crippen LogP contribution in [0.5, 0.6) is 0 Å². The fourth-order valence-electron chi connectivity index (χ4n) is 2.21. The average molecular weight is 297 g/mol. The normalized spacial score (nSPS) is 18.6. The molecule has 0 spiro atoms. The molecule has 1 aliphatic rings. The summed E-state index contributed by atoms with van der Waals surface area (Å²) in [6.07, 6.45) is 2.29. The monoisotopic (exact) mass is 297 g/mol. The zero-order valence-corrected chi connectivity index (χ0v) is 13.1. The Morgan fingerprint density at radius 3 is 2.15 bits per heavy atom. The molecule has 0 aromatic heterocycles. The van der Waals surface area contributed by atoms with Gasteiger partial charge in [-0.1, -0.05) is 32.9 Å². The molecule has 0 unspecified atom stereocenters. The van der Waals surface area contributed by atoms with Gasteiger partial charge in [0.15, 0.2) is 0 Å². The highest BCUT2D eigenvalue weighted by molar-refractivity contribution is 7.89. The van der Waals surface area contributed by atoms with Crippen LogP contribution in [0.2, 0.25) is 0 Å². The molecule has 0 amide bonds. The van der Waals surface area contributed by atoms with E-state index >= 15 is 0 Å². The van der Waals surface area contributed by atoms with Crippen molar-refractivity contribution >= 4 is 10.0 Å². The van der Waals surface area contributed by atoms with E-state index in [1.807, 2.05) is 12.1 Å². The molecule has 0 bridgehead atoms. The van der Waals surface area contributed by atoms with Gasteiger partial charge in [0.05, 0.1) is 10.5 Å². The Hall–Kier alpha value is -0.910. The second-order valence-electron chi connectivity index (χ2n) is 6.68. The first-order valence-electron chi connectivity index (χ1n) is 6.95. The molecule has 1 aromatic rings. The highest BCUT2D eigenvalue weighted by atomic mass is 32.2. The van der Waals surface area contributed by atoms with Crippen LogP contribution in [0.15, 0.2) is 29.2 Å². The number of rotatable bonds is 4. The Morgan fingerprint density at radius 1 is 1.20 bits per heavy atom. The second kappa shape index (κ2) is 5.13. The van der Waals surface area contributed by atoms with E-state index in [1.165, 1.54) is 0 Å². The summed E-state index contributed by atoms with van der Waals surface area (Å²) in [6.45, 7) is 6.35. The van der Waals surface area contributed by atoms with Crippen molar-refractivity contribution < 1.29 is 13.5 Å². The highest BCUT2D eigenvalue weighted by Gasteiger charge is 2.35. The van der Waals surface area contributed by atoms with Crippen LogP contribution in [0.4, 0.5) is 0 Å². The first kappa shape index (κ1) is 15.5. The molecule has 2 rings (SSSR count). The van der Waals surface area contributed by atoms with Gasteiger partial charge < -0.3 is 5.11 Å². The van der Waals surface area contributed by atoms with Crippen LogP contribution in [0.3, 0.4) is 0 Å². The van der Waals surface area contributed by atoms with Crippen molar-refractivity contribution in [2.75, 3.05) is 6.54 Å². The Bertz CT molecular complexity index is 566. The van der Waals surface area contributed by atoms with Crippen LogP contribution in [0, 0.1) is 0 Å². The topological polar surface area (TPSA) is 66.4 Å². The fraction of sp³-hybridized carbons (Fsp3) is 0.600. The Labute approximate surface area is 121 Å². The number of hydrogen-bond donors (Lipinski definition) is 2. The number of aliphatic hydroxyl groups is 1. The SMILES string of the molecule is CC(C)(C)c1ccc(S(=O)(=O)NCC2(O)CCC2)cc1. The lowest BCUT2D eigenvalue weighted by Crippen LogP contribution is -2.47. The third-order valence-electron chi connectivity index (χ3n) is 3.91. The third kappa shape index (κ3) is 3.40. The van der Waals surface area contributed by atoms with Crippen molar-refractivity contribution in [1.29, 1.82) is 0 Å². The molecule has 1 aliphatic carbocycles. The Morgan fingerprint density at radius 2 is 1.75 bits per heavy atom. The van der Waals surface area contributed by atoms with Crippen molar-refractivity contribution in [3.8, 4) is 0 Å². The molecule has 5 heteroatoms. The Balaban J connectivity index is 2.09. The molecule has 0 aliphatic heterocycles. The van der Waals surface area contributed by atoms with E-state index in [0.29, 0.717) is 12.8 Å². The maximum Gasteiger partial charge on any atom is 0.240 e. The van der Waals surface area contributed by atoms with E-state index in [1.54, 1.807) is 12.1 Å². The van der Waals surface area contributed by atoms with Gasteiger partial charge in [-0.3, -0.25) is 0 Å². The lowest BCUT2D eigenvalue weighted by molar-refractivity contribution is -0.0270.